The van der Waals surface area contributed by atoms with Gasteiger partial charge in [-0.1, -0.05) is 37.3 Å². The van der Waals surface area contributed by atoms with Gasteiger partial charge in [-0.25, -0.2) is 4.39 Å². The number of benzene rings is 1. The Hall–Kier alpha value is -0.970. The van der Waals surface area contributed by atoms with Crippen LogP contribution in [0, 0.1) is 5.92 Å². The van der Waals surface area contributed by atoms with Crippen LogP contribution in [0.25, 0.3) is 0 Å². The van der Waals surface area contributed by atoms with Gasteiger partial charge < -0.3 is 14.2 Å². The minimum Gasteiger partial charge on any atom is -0.373 e. The van der Waals surface area contributed by atoms with Crippen molar-refractivity contribution in [2.75, 3.05) is 13.2 Å². The summed E-state index contributed by atoms with van der Waals surface area (Å²) in [6, 6.07) is 9.61. The smallest absolute Gasteiger partial charge is 0.184 e. The molecule has 0 spiro atoms. The van der Waals surface area contributed by atoms with Crippen molar-refractivity contribution in [1.29, 1.82) is 0 Å². The normalized spacial score (nSPS) is 40.2. The van der Waals surface area contributed by atoms with E-state index in [1.807, 2.05) is 37.3 Å². The van der Waals surface area contributed by atoms with Crippen molar-refractivity contribution in [2.24, 2.45) is 5.92 Å². The van der Waals surface area contributed by atoms with Gasteiger partial charge >= 0.3 is 0 Å². The maximum absolute atomic E-state index is 14.1. The molecule has 2 fully saturated rings. The van der Waals surface area contributed by atoms with E-state index in [-0.39, 0.29) is 12.0 Å². The quantitative estimate of drug-likeness (QED) is 0.768. The Balaban J connectivity index is 1.75. The minimum atomic E-state index is -0.987. The number of rotatable bonds is 1. The molecular weight excluding hydrogens is 235 g/mol. The topological polar surface area (TPSA) is 27.7 Å². The van der Waals surface area contributed by atoms with Crippen LogP contribution < -0.4 is 0 Å². The average Bonchev–Trinajstić information content (AvgIpc) is 2.44. The van der Waals surface area contributed by atoms with Gasteiger partial charge in [0, 0.05) is 11.5 Å². The fourth-order valence-corrected chi connectivity index (χ4v) is 2.45. The molecule has 0 saturated carbocycles. The zero-order valence-electron chi connectivity index (χ0n) is 10.3. The van der Waals surface area contributed by atoms with Crippen molar-refractivity contribution >= 4 is 0 Å². The predicted molar refractivity (Wildman–Crippen MR) is 63.8 cm³/mol. The van der Waals surface area contributed by atoms with Crippen molar-refractivity contribution < 1.29 is 18.6 Å². The number of ether oxygens (including phenoxy) is 3. The van der Waals surface area contributed by atoms with Crippen molar-refractivity contribution in [2.45, 2.75) is 31.6 Å². The Morgan fingerprint density at radius 1 is 1.11 bits per heavy atom. The maximum Gasteiger partial charge on any atom is 0.184 e. The average molecular weight is 252 g/mol. The molecule has 98 valence electrons. The molecule has 2 aliphatic rings. The number of fused-ring (bicyclic) bond motifs is 1. The molecule has 2 saturated heterocycles. The predicted octanol–water partition coefficient (Wildman–Crippen LogP) is 2.47. The van der Waals surface area contributed by atoms with Crippen LogP contribution in [0.2, 0.25) is 0 Å². The van der Waals surface area contributed by atoms with E-state index >= 15 is 0 Å². The van der Waals surface area contributed by atoms with E-state index in [0.717, 1.165) is 5.56 Å². The van der Waals surface area contributed by atoms with E-state index in [4.69, 9.17) is 14.2 Å². The Bertz CT molecular complexity index is 395. The van der Waals surface area contributed by atoms with Crippen molar-refractivity contribution in [1.82, 2.24) is 0 Å². The molecule has 1 unspecified atom stereocenters. The van der Waals surface area contributed by atoms with Gasteiger partial charge in [0.05, 0.1) is 13.2 Å². The third-order valence-corrected chi connectivity index (χ3v) is 3.56. The van der Waals surface area contributed by atoms with Crippen LogP contribution in [-0.2, 0) is 14.2 Å². The van der Waals surface area contributed by atoms with Crippen molar-refractivity contribution in [3.05, 3.63) is 35.9 Å². The summed E-state index contributed by atoms with van der Waals surface area (Å²) in [6.07, 6.45) is -2.28. The molecule has 18 heavy (non-hydrogen) atoms. The molecule has 4 heteroatoms. The van der Waals surface area contributed by atoms with E-state index in [1.54, 1.807) is 0 Å². The van der Waals surface area contributed by atoms with Gasteiger partial charge in [-0.2, -0.15) is 0 Å². The summed E-state index contributed by atoms with van der Waals surface area (Å²) in [5.74, 6) is -0.124. The SMILES string of the molecule is C[C@H]1CO[C@@H]2CO[C@@H](c3ccccc3)OC2[C@H]1F. The summed E-state index contributed by atoms with van der Waals surface area (Å²) in [5.41, 5.74) is 0.918. The van der Waals surface area contributed by atoms with Gasteiger partial charge in [0.15, 0.2) is 6.29 Å². The van der Waals surface area contributed by atoms with E-state index in [2.05, 4.69) is 0 Å². The lowest BCUT2D eigenvalue weighted by molar-refractivity contribution is -0.299. The van der Waals surface area contributed by atoms with Gasteiger partial charge in [-0.05, 0) is 0 Å². The maximum atomic E-state index is 14.1. The molecule has 1 aromatic carbocycles. The highest BCUT2D eigenvalue weighted by atomic mass is 19.1. The summed E-state index contributed by atoms with van der Waals surface area (Å²) in [7, 11) is 0. The first-order valence-electron chi connectivity index (χ1n) is 6.33. The van der Waals surface area contributed by atoms with Gasteiger partial charge in [0.2, 0.25) is 0 Å². The second kappa shape index (κ2) is 4.96. The third-order valence-electron chi connectivity index (χ3n) is 3.56. The van der Waals surface area contributed by atoms with Crippen LogP contribution in [0.4, 0.5) is 4.39 Å². The van der Waals surface area contributed by atoms with Crippen LogP contribution in [0.15, 0.2) is 30.3 Å². The zero-order chi connectivity index (χ0) is 12.5. The van der Waals surface area contributed by atoms with Crippen molar-refractivity contribution in [3.63, 3.8) is 0 Å². The molecule has 3 rings (SSSR count). The Kier molecular flexibility index (Phi) is 3.33. The summed E-state index contributed by atoms with van der Waals surface area (Å²) < 4.78 is 31.0. The molecule has 5 atom stereocenters. The van der Waals surface area contributed by atoms with Gasteiger partial charge in [0.1, 0.15) is 18.4 Å². The van der Waals surface area contributed by atoms with E-state index in [0.29, 0.717) is 13.2 Å². The van der Waals surface area contributed by atoms with Crippen LogP contribution >= 0.6 is 0 Å². The fraction of sp³-hybridized carbons (Fsp3) is 0.571. The Morgan fingerprint density at radius 2 is 1.89 bits per heavy atom. The largest absolute Gasteiger partial charge is 0.373 e. The molecule has 0 amide bonds. The summed E-state index contributed by atoms with van der Waals surface area (Å²) in [6.45, 7) is 2.67. The van der Waals surface area contributed by atoms with Crippen LogP contribution in [-0.4, -0.2) is 31.6 Å². The van der Waals surface area contributed by atoms with Gasteiger partial charge in [-0.3, -0.25) is 0 Å². The standard InChI is InChI=1S/C14H17FO3/c1-9-7-16-11-8-17-14(18-13(11)12(9)15)10-5-3-2-4-6-10/h2-6,9,11-14H,7-8H2,1H3/t9-,11+,12-,13?,14+/m0/s1. The second-order valence-electron chi connectivity index (χ2n) is 4.97. The summed E-state index contributed by atoms with van der Waals surface area (Å²) >= 11 is 0. The monoisotopic (exact) mass is 252 g/mol. The molecule has 2 heterocycles. The highest BCUT2D eigenvalue weighted by Gasteiger charge is 2.44. The lowest BCUT2D eigenvalue weighted by Crippen LogP contribution is -2.53. The van der Waals surface area contributed by atoms with E-state index in [1.165, 1.54) is 0 Å². The Labute approximate surface area is 106 Å². The second-order valence-corrected chi connectivity index (χ2v) is 4.97. The molecule has 3 nitrogen and oxygen atoms in total. The molecule has 0 N–H and O–H groups in total. The molecule has 1 aromatic rings. The number of hydrogen-bond donors (Lipinski definition) is 0. The molecule has 2 aliphatic heterocycles. The highest BCUT2D eigenvalue weighted by Crippen LogP contribution is 2.34. The van der Waals surface area contributed by atoms with Crippen molar-refractivity contribution in [3.8, 4) is 0 Å². The van der Waals surface area contributed by atoms with Gasteiger partial charge in [-0.15, -0.1) is 0 Å². The number of halogens is 1. The zero-order valence-corrected chi connectivity index (χ0v) is 10.3. The van der Waals surface area contributed by atoms with Crippen LogP contribution in [0.5, 0.6) is 0 Å². The van der Waals surface area contributed by atoms with E-state index in [9.17, 15) is 4.39 Å². The lowest BCUT2D eigenvalue weighted by Gasteiger charge is -2.43. The first kappa shape index (κ1) is 12.1. The Morgan fingerprint density at radius 3 is 2.67 bits per heavy atom. The van der Waals surface area contributed by atoms with Gasteiger partial charge in [0.25, 0.3) is 0 Å². The highest BCUT2D eigenvalue weighted by molar-refractivity contribution is 5.16. The molecular formula is C14H17FO3. The summed E-state index contributed by atoms with van der Waals surface area (Å²) in [5, 5.41) is 0. The lowest BCUT2D eigenvalue weighted by atomic mass is 9.94. The first-order chi connectivity index (χ1) is 8.75. The molecule has 0 aromatic heterocycles. The first-order valence-corrected chi connectivity index (χ1v) is 6.33. The minimum absolute atomic E-state index is 0.124. The van der Waals surface area contributed by atoms with Crippen LogP contribution in [0.3, 0.4) is 0 Å². The number of alkyl halides is 1. The molecule has 0 bridgehead atoms. The van der Waals surface area contributed by atoms with E-state index < -0.39 is 18.6 Å². The summed E-state index contributed by atoms with van der Waals surface area (Å²) in [4.78, 5) is 0. The third kappa shape index (κ3) is 2.16. The fourth-order valence-electron chi connectivity index (χ4n) is 2.45. The molecule has 0 radical (unpaired) electrons. The molecule has 0 aliphatic carbocycles. The van der Waals surface area contributed by atoms with Crippen LogP contribution in [0.1, 0.15) is 18.8 Å². The number of hydrogen-bond acceptors (Lipinski definition) is 3.